The summed E-state index contributed by atoms with van der Waals surface area (Å²) in [5, 5.41) is 0. The Balaban J connectivity index is 2.18. The van der Waals surface area contributed by atoms with Gasteiger partial charge in [-0.05, 0) is 0 Å². The van der Waals surface area contributed by atoms with E-state index in [0.717, 1.165) is 21.2 Å². The molecule has 0 aliphatic carbocycles. The van der Waals surface area contributed by atoms with Crippen molar-refractivity contribution in [3.8, 4) is 0 Å². The Hall–Kier alpha value is -1.76. The van der Waals surface area contributed by atoms with Crippen molar-refractivity contribution in [2.24, 2.45) is 0 Å². The standard InChI is InChI=1S/C16H12OSe/c17-18-12-11-15(13-7-3-1-4-8-13)16(18)14-9-5-2-6-10-14/h1-12H. The maximum atomic E-state index is 12.2. The number of hydrogen-bond donors (Lipinski definition) is 0. The Bertz CT molecular complexity index is 598. The summed E-state index contributed by atoms with van der Waals surface area (Å²) in [5.41, 5.74) is 3.30. The molecule has 2 heteroatoms. The van der Waals surface area contributed by atoms with Gasteiger partial charge in [0.15, 0.2) is 0 Å². The van der Waals surface area contributed by atoms with Crippen LogP contribution in [0.3, 0.4) is 0 Å². The van der Waals surface area contributed by atoms with Crippen molar-refractivity contribution in [3.05, 3.63) is 82.8 Å². The second-order valence-electron chi connectivity index (χ2n) is 4.08. The van der Waals surface area contributed by atoms with Crippen molar-refractivity contribution in [1.82, 2.24) is 0 Å². The van der Waals surface area contributed by atoms with Gasteiger partial charge in [0.1, 0.15) is 0 Å². The van der Waals surface area contributed by atoms with Gasteiger partial charge in [-0.3, -0.25) is 0 Å². The molecule has 1 aliphatic heterocycles. The van der Waals surface area contributed by atoms with E-state index in [2.05, 4.69) is 12.1 Å². The third-order valence-corrected chi connectivity index (χ3v) is 5.53. The van der Waals surface area contributed by atoms with E-state index in [4.69, 9.17) is 0 Å². The van der Waals surface area contributed by atoms with Gasteiger partial charge in [-0.1, -0.05) is 0 Å². The van der Waals surface area contributed by atoms with E-state index < -0.39 is 13.8 Å². The van der Waals surface area contributed by atoms with Crippen LogP contribution in [0.25, 0.3) is 10.0 Å². The molecule has 1 unspecified atom stereocenters. The zero-order valence-electron chi connectivity index (χ0n) is 9.74. The fourth-order valence-corrected chi connectivity index (χ4v) is 4.54. The van der Waals surface area contributed by atoms with Gasteiger partial charge >= 0.3 is 111 Å². The van der Waals surface area contributed by atoms with Crippen LogP contribution in [0.4, 0.5) is 0 Å². The zero-order chi connectivity index (χ0) is 12.4. The predicted molar refractivity (Wildman–Crippen MR) is 75.3 cm³/mol. The van der Waals surface area contributed by atoms with Gasteiger partial charge in [0.05, 0.1) is 0 Å². The zero-order valence-corrected chi connectivity index (χ0v) is 11.5. The molecule has 0 saturated carbocycles. The summed E-state index contributed by atoms with van der Waals surface area (Å²) in [6.07, 6.45) is 2.00. The van der Waals surface area contributed by atoms with Crippen molar-refractivity contribution in [2.75, 3.05) is 0 Å². The van der Waals surface area contributed by atoms with E-state index in [1.165, 1.54) is 0 Å². The van der Waals surface area contributed by atoms with E-state index in [1.807, 2.05) is 59.6 Å². The van der Waals surface area contributed by atoms with E-state index >= 15 is 0 Å². The molecule has 1 heterocycles. The molecule has 0 fully saturated rings. The quantitative estimate of drug-likeness (QED) is 0.773. The second kappa shape index (κ2) is 4.85. The Morgan fingerprint density at radius 2 is 1.28 bits per heavy atom. The Morgan fingerprint density at radius 1 is 0.722 bits per heavy atom. The van der Waals surface area contributed by atoms with Crippen molar-refractivity contribution in [3.63, 3.8) is 0 Å². The van der Waals surface area contributed by atoms with E-state index in [-0.39, 0.29) is 0 Å². The van der Waals surface area contributed by atoms with Crippen LogP contribution in [0.2, 0.25) is 0 Å². The van der Waals surface area contributed by atoms with Gasteiger partial charge in [-0.2, -0.15) is 0 Å². The summed E-state index contributed by atoms with van der Waals surface area (Å²) in [6.45, 7) is 0. The summed E-state index contributed by atoms with van der Waals surface area (Å²) in [5.74, 6) is 0. The van der Waals surface area contributed by atoms with Crippen LogP contribution < -0.4 is 0 Å². The van der Waals surface area contributed by atoms with Crippen molar-refractivity contribution < 1.29 is 3.83 Å². The van der Waals surface area contributed by atoms with Gasteiger partial charge in [0.2, 0.25) is 0 Å². The summed E-state index contributed by atoms with van der Waals surface area (Å²) in [4.78, 5) is 1.85. The van der Waals surface area contributed by atoms with Crippen LogP contribution in [0.1, 0.15) is 11.1 Å². The summed E-state index contributed by atoms with van der Waals surface area (Å²) in [6, 6.07) is 20.2. The monoisotopic (exact) mass is 300 g/mol. The van der Waals surface area contributed by atoms with Gasteiger partial charge in [-0.25, -0.2) is 0 Å². The first-order valence-electron chi connectivity index (χ1n) is 5.80. The Kier molecular flexibility index (Phi) is 3.06. The molecule has 3 rings (SSSR count). The van der Waals surface area contributed by atoms with Crippen LogP contribution >= 0.6 is 0 Å². The molecule has 0 amide bonds. The Labute approximate surface area is 111 Å². The SMILES string of the molecule is O=[Se]1C=CC(c2ccccc2)=C1c1ccccc1. The molecular weight excluding hydrogens is 287 g/mol. The fraction of sp³-hybridized carbons (Fsp3) is 0. The molecule has 88 valence electrons. The molecule has 2 aromatic rings. The predicted octanol–water partition coefficient (Wildman–Crippen LogP) is 3.67. The van der Waals surface area contributed by atoms with Crippen molar-refractivity contribution >= 4 is 23.9 Å². The van der Waals surface area contributed by atoms with E-state index in [9.17, 15) is 3.83 Å². The molecule has 1 nitrogen and oxygen atoms in total. The fourth-order valence-electron chi connectivity index (χ4n) is 2.09. The number of benzene rings is 2. The maximum absolute atomic E-state index is 12.2. The molecule has 1 aliphatic rings. The molecule has 0 spiro atoms. The van der Waals surface area contributed by atoms with Crippen LogP contribution in [0.15, 0.2) is 71.7 Å². The van der Waals surface area contributed by atoms with Crippen LogP contribution in [-0.2, 0) is 3.83 Å². The van der Waals surface area contributed by atoms with Gasteiger partial charge < -0.3 is 0 Å². The number of allylic oxidation sites excluding steroid dienone is 2. The van der Waals surface area contributed by atoms with Crippen LogP contribution in [0.5, 0.6) is 0 Å². The topological polar surface area (TPSA) is 17.1 Å². The third-order valence-electron chi connectivity index (χ3n) is 2.92. The van der Waals surface area contributed by atoms with E-state index in [1.54, 1.807) is 0 Å². The summed E-state index contributed by atoms with van der Waals surface area (Å²) in [7, 11) is 0. The number of hydrogen-bond acceptors (Lipinski definition) is 1. The molecule has 0 radical (unpaired) electrons. The van der Waals surface area contributed by atoms with Gasteiger partial charge in [0, 0.05) is 0 Å². The average Bonchev–Trinajstić information content (AvgIpc) is 2.83. The van der Waals surface area contributed by atoms with Crippen molar-refractivity contribution in [1.29, 1.82) is 0 Å². The average molecular weight is 299 g/mol. The minimum atomic E-state index is -2.03. The molecule has 2 aromatic carbocycles. The summed E-state index contributed by atoms with van der Waals surface area (Å²) >= 11 is -2.03. The van der Waals surface area contributed by atoms with Crippen molar-refractivity contribution in [2.45, 2.75) is 0 Å². The molecule has 0 aromatic heterocycles. The van der Waals surface area contributed by atoms with Gasteiger partial charge in [0.25, 0.3) is 0 Å². The molecule has 18 heavy (non-hydrogen) atoms. The third kappa shape index (κ3) is 2.01. The number of rotatable bonds is 2. The van der Waals surface area contributed by atoms with Crippen LogP contribution in [-0.4, -0.2) is 13.8 Å². The van der Waals surface area contributed by atoms with Crippen LogP contribution in [0, 0.1) is 0 Å². The first kappa shape index (κ1) is 11.3. The minimum absolute atomic E-state index is 1.00. The summed E-state index contributed by atoms with van der Waals surface area (Å²) < 4.78 is 13.2. The second-order valence-corrected chi connectivity index (χ2v) is 6.75. The Morgan fingerprint density at radius 3 is 1.89 bits per heavy atom. The normalized spacial score (nSPS) is 18.3. The first-order chi connectivity index (χ1) is 8.86. The van der Waals surface area contributed by atoms with Gasteiger partial charge in [-0.15, -0.1) is 0 Å². The molecular formula is C16H12OSe. The molecule has 1 atom stereocenters. The van der Waals surface area contributed by atoms with E-state index in [0.29, 0.717) is 0 Å². The molecule has 0 N–H and O–H groups in total. The molecule has 0 bridgehead atoms. The first-order valence-corrected chi connectivity index (χ1v) is 8.34. The molecule has 0 saturated heterocycles.